The van der Waals surface area contributed by atoms with Gasteiger partial charge in [0.2, 0.25) is 0 Å². The number of rotatable bonds is 3. The smallest absolute Gasteiger partial charge is 0.152 e. The highest BCUT2D eigenvalue weighted by Crippen LogP contribution is 2.21. The van der Waals surface area contributed by atoms with Crippen molar-refractivity contribution in [2.45, 2.75) is 6.42 Å². The molecule has 4 nitrogen and oxygen atoms in total. The fourth-order valence-corrected chi connectivity index (χ4v) is 2.28. The third kappa shape index (κ3) is 2.57. The van der Waals surface area contributed by atoms with Crippen LogP contribution < -0.4 is 10.5 Å². The number of nitrogens with one attached hydrogen (secondary N) is 1. The van der Waals surface area contributed by atoms with E-state index in [1.54, 1.807) is 4.52 Å². The second-order valence-electron chi connectivity index (χ2n) is 4.23. The van der Waals surface area contributed by atoms with Crippen molar-refractivity contribution in [2.75, 3.05) is 5.01 Å². The Balaban J connectivity index is 1.85. The van der Waals surface area contributed by atoms with Crippen LogP contribution in [0.5, 0.6) is 0 Å². The Hall–Kier alpha value is -1.98. The number of thiol groups is 1. The van der Waals surface area contributed by atoms with Crippen LogP contribution in [0.25, 0.3) is 0 Å². The number of amidine groups is 1. The van der Waals surface area contributed by atoms with Crippen LogP contribution in [0.4, 0.5) is 5.69 Å². The molecule has 0 atom stereocenters. The molecule has 1 heterocycles. The van der Waals surface area contributed by atoms with Crippen molar-refractivity contribution >= 4 is 24.3 Å². The number of hydrogen-bond donors (Lipinski definition) is 2. The van der Waals surface area contributed by atoms with E-state index in [0.717, 1.165) is 17.9 Å². The molecule has 1 N–H and O–H groups in total. The molecule has 0 saturated heterocycles. The molecule has 2 aromatic rings. The van der Waals surface area contributed by atoms with E-state index in [1.165, 1.54) is 5.56 Å². The maximum atomic E-state index is 4.36. The van der Waals surface area contributed by atoms with Gasteiger partial charge in [-0.2, -0.15) is 0 Å². The summed E-state index contributed by atoms with van der Waals surface area (Å²) in [6.07, 6.45) is 0.750. The van der Waals surface area contributed by atoms with Crippen LogP contribution in [0, 0.1) is 0 Å². The van der Waals surface area contributed by atoms with Crippen LogP contribution in [-0.2, 0) is 6.42 Å². The Kier molecular flexibility index (Phi) is 3.39. The van der Waals surface area contributed by atoms with Crippen molar-refractivity contribution in [1.82, 2.24) is 10.1 Å². The summed E-state index contributed by atoms with van der Waals surface area (Å²) >= 11 is 4.36. The zero-order valence-electron chi connectivity index (χ0n) is 10.3. The highest BCUT2D eigenvalue weighted by molar-refractivity contribution is 7.77. The first-order valence-electron chi connectivity index (χ1n) is 6.05. The minimum Gasteiger partial charge on any atom is -0.230 e. The summed E-state index contributed by atoms with van der Waals surface area (Å²) in [7, 11) is 0. The Bertz CT molecular complexity index is 571. The fraction of sp³-hybridized carbons (Fsp3) is 0.0714. The van der Waals surface area contributed by atoms with E-state index in [1.807, 2.05) is 53.5 Å². The summed E-state index contributed by atoms with van der Waals surface area (Å²) < 4.78 is 1.58. The van der Waals surface area contributed by atoms with Gasteiger partial charge in [-0.25, -0.2) is 10.5 Å². The van der Waals surface area contributed by atoms with E-state index in [2.05, 4.69) is 35.6 Å². The van der Waals surface area contributed by atoms with E-state index in [-0.39, 0.29) is 0 Å². The minimum atomic E-state index is 0.750. The molecule has 3 rings (SSSR count). The molecule has 0 saturated carbocycles. The van der Waals surface area contributed by atoms with Crippen molar-refractivity contribution in [1.29, 1.82) is 0 Å². The van der Waals surface area contributed by atoms with E-state index in [4.69, 9.17) is 0 Å². The summed E-state index contributed by atoms with van der Waals surface area (Å²) in [5, 5.41) is 6.25. The number of hydrogen-bond acceptors (Lipinski definition) is 5. The van der Waals surface area contributed by atoms with Gasteiger partial charge in [0, 0.05) is 6.42 Å². The molecular formula is C14H14N4S. The minimum absolute atomic E-state index is 0.750. The third-order valence-electron chi connectivity index (χ3n) is 2.91. The molecule has 0 spiro atoms. The molecular weight excluding hydrogens is 256 g/mol. The van der Waals surface area contributed by atoms with E-state index < -0.39 is 0 Å². The molecule has 96 valence electrons. The lowest BCUT2D eigenvalue weighted by molar-refractivity contribution is 0.416. The zero-order chi connectivity index (χ0) is 13.1. The van der Waals surface area contributed by atoms with Crippen LogP contribution in [-0.4, -0.2) is 10.4 Å². The van der Waals surface area contributed by atoms with Gasteiger partial charge in [0.05, 0.1) is 5.69 Å². The topological polar surface area (TPSA) is 30.9 Å². The van der Waals surface area contributed by atoms with Crippen LogP contribution in [0.3, 0.4) is 0 Å². The molecule has 0 unspecified atom stereocenters. The molecule has 1 aliphatic heterocycles. The molecule has 19 heavy (non-hydrogen) atoms. The molecule has 5 heteroatoms. The van der Waals surface area contributed by atoms with Crippen molar-refractivity contribution < 1.29 is 0 Å². The van der Waals surface area contributed by atoms with E-state index >= 15 is 0 Å². The standard InChI is InChI=1S/C14H14N4S/c19-18-16-15-14(11-12-7-3-1-4-8-12)17(18)13-9-5-2-6-10-13/h1-10,16,19H,11H2. The van der Waals surface area contributed by atoms with Gasteiger partial charge in [-0.3, -0.25) is 0 Å². The largest absolute Gasteiger partial charge is 0.230 e. The molecule has 0 aliphatic carbocycles. The maximum Gasteiger partial charge on any atom is 0.152 e. The quantitative estimate of drug-likeness (QED) is 0.841. The molecule has 2 aromatic carbocycles. The molecule has 0 fully saturated rings. The summed E-state index contributed by atoms with van der Waals surface area (Å²) in [4.78, 5) is 0. The Morgan fingerprint density at radius 3 is 2.26 bits per heavy atom. The number of hydrazone groups is 1. The SMILES string of the molecule is SN1NN=C(Cc2ccccc2)N1c1ccccc1. The van der Waals surface area contributed by atoms with Crippen molar-refractivity contribution in [2.24, 2.45) is 5.10 Å². The van der Waals surface area contributed by atoms with Crippen LogP contribution in [0.2, 0.25) is 0 Å². The van der Waals surface area contributed by atoms with Crippen LogP contribution in [0.15, 0.2) is 65.8 Å². The number of para-hydroxylation sites is 1. The fourth-order valence-electron chi connectivity index (χ4n) is 2.02. The second kappa shape index (κ2) is 5.34. The first-order chi connectivity index (χ1) is 9.34. The van der Waals surface area contributed by atoms with Gasteiger partial charge in [0.15, 0.2) is 5.84 Å². The predicted molar refractivity (Wildman–Crippen MR) is 80.5 cm³/mol. The van der Waals surface area contributed by atoms with Gasteiger partial charge >= 0.3 is 0 Å². The summed E-state index contributed by atoms with van der Waals surface area (Å²) in [5.74, 6) is 0.910. The monoisotopic (exact) mass is 270 g/mol. The summed E-state index contributed by atoms with van der Waals surface area (Å²) in [6, 6.07) is 20.3. The molecule has 0 amide bonds. The zero-order valence-corrected chi connectivity index (χ0v) is 11.2. The predicted octanol–water partition coefficient (Wildman–Crippen LogP) is 2.63. The summed E-state index contributed by atoms with van der Waals surface area (Å²) in [5.41, 5.74) is 5.09. The Morgan fingerprint density at radius 1 is 0.947 bits per heavy atom. The Morgan fingerprint density at radius 2 is 1.58 bits per heavy atom. The maximum absolute atomic E-state index is 4.36. The van der Waals surface area contributed by atoms with Gasteiger partial charge in [-0.1, -0.05) is 53.1 Å². The number of anilines is 1. The molecule has 0 aromatic heterocycles. The number of benzene rings is 2. The lowest BCUT2D eigenvalue weighted by Crippen LogP contribution is -2.39. The number of hydrazine groups is 2. The van der Waals surface area contributed by atoms with Gasteiger partial charge < -0.3 is 0 Å². The first-order valence-corrected chi connectivity index (χ1v) is 6.45. The lowest BCUT2D eigenvalue weighted by atomic mass is 10.1. The van der Waals surface area contributed by atoms with Crippen molar-refractivity contribution in [3.05, 3.63) is 66.2 Å². The van der Waals surface area contributed by atoms with Crippen molar-refractivity contribution in [3.63, 3.8) is 0 Å². The highest BCUT2D eigenvalue weighted by atomic mass is 32.1. The average Bonchev–Trinajstić information content (AvgIpc) is 2.82. The molecule has 1 aliphatic rings. The van der Waals surface area contributed by atoms with Gasteiger partial charge in [0.1, 0.15) is 0 Å². The second-order valence-corrected chi connectivity index (χ2v) is 4.61. The highest BCUT2D eigenvalue weighted by Gasteiger charge is 2.24. The van der Waals surface area contributed by atoms with Crippen LogP contribution in [0.1, 0.15) is 5.56 Å². The summed E-state index contributed by atoms with van der Waals surface area (Å²) in [6.45, 7) is 0. The average molecular weight is 270 g/mol. The first kappa shape index (κ1) is 12.1. The Labute approximate surface area is 117 Å². The van der Waals surface area contributed by atoms with Gasteiger partial charge in [0.25, 0.3) is 0 Å². The number of nitrogens with zero attached hydrogens (tertiary/aromatic N) is 3. The van der Waals surface area contributed by atoms with E-state index in [9.17, 15) is 0 Å². The van der Waals surface area contributed by atoms with Gasteiger partial charge in [-0.05, 0) is 30.5 Å². The van der Waals surface area contributed by atoms with Crippen LogP contribution >= 0.6 is 12.8 Å². The molecule has 0 radical (unpaired) electrons. The van der Waals surface area contributed by atoms with E-state index in [0.29, 0.717) is 0 Å². The molecule has 0 bridgehead atoms. The lowest BCUT2D eigenvalue weighted by Gasteiger charge is -2.24. The normalized spacial score (nSPS) is 15.2. The van der Waals surface area contributed by atoms with Gasteiger partial charge in [-0.15, -0.1) is 5.10 Å². The third-order valence-corrected chi connectivity index (χ3v) is 3.18. The van der Waals surface area contributed by atoms with Crippen molar-refractivity contribution in [3.8, 4) is 0 Å².